The van der Waals surface area contributed by atoms with Crippen molar-refractivity contribution in [1.29, 1.82) is 0 Å². The van der Waals surface area contributed by atoms with Crippen LogP contribution in [0.15, 0.2) is 77.7 Å². The van der Waals surface area contributed by atoms with Crippen LogP contribution in [0, 0.1) is 0 Å². The lowest BCUT2D eigenvalue weighted by Gasteiger charge is -2.23. The summed E-state index contributed by atoms with van der Waals surface area (Å²) in [6, 6.07) is 19.2. The van der Waals surface area contributed by atoms with E-state index in [9.17, 15) is 13.2 Å². The van der Waals surface area contributed by atoms with E-state index in [4.69, 9.17) is 21.1 Å². The fourth-order valence-electron chi connectivity index (χ4n) is 3.01. The van der Waals surface area contributed by atoms with Gasteiger partial charge in [-0.2, -0.15) is 4.31 Å². The Kier molecular flexibility index (Phi) is 7.43. The number of sulfonamides is 1. The summed E-state index contributed by atoms with van der Waals surface area (Å²) in [6.45, 7) is 3.64. The molecule has 0 radical (unpaired) electrons. The maximum Gasteiger partial charge on any atom is 0.278 e. The number of carbonyl (C=O) groups excluding carboxylic acids is 1. The zero-order valence-electron chi connectivity index (χ0n) is 18.0. The SMILES string of the molecule is COc1ccc(N(C(=O)COc2cccc(C(C)C)c2)S(=O)(=O)c2ccc(Cl)cc2)cc1. The Balaban J connectivity index is 1.93. The zero-order chi connectivity index (χ0) is 23.3. The molecule has 0 bridgehead atoms. The molecule has 0 aliphatic rings. The predicted molar refractivity (Wildman–Crippen MR) is 125 cm³/mol. The van der Waals surface area contributed by atoms with Crippen LogP contribution >= 0.6 is 11.6 Å². The van der Waals surface area contributed by atoms with E-state index < -0.39 is 22.5 Å². The van der Waals surface area contributed by atoms with E-state index in [0.717, 1.165) is 9.87 Å². The maximum absolute atomic E-state index is 13.4. The molecule has 0 unspecified atom stereocenters. The van der Waals surface area contributed by atoms with Gasteiger partial charge in [-0.25, -0.2) is 8.42 Å². The minimum Gasteiger partial charge on any atom is -0.497 e. The maximum atomic E-state index is 13.4. The molecule has 0 aliphatic heterocycles. The third kappa shape index (κ3) is 5.41. The lowest BCUT2D eigenvalue weighted by Crippen LogP contribution is -2.40. The highest BCUT2D eigenvalue weighted by Crippen LogP contribution is 2.27. The van der Waals surface area contributed by atoms with Crippen LogP contribution in [0.2, 0.25) is 5.02 Å². The van der Waals surface area contributed by atoms with Crippen molar-refractivity contribution < 1.29 is 22.7 Å². The van der Waals surface area contributed by atoms with E-state index in [2.05, 4.69) is 0 Å². The number of rotatable bonds is 8. The van der Waals surface area contributed by atoms with E-state index >= 15 is 0 Å². The number of nitrogens with zero attached hydrogens (tertiary/aromatic N) is 1. The standard InChI is InChI=1S/C24H24ClNO5S/c1-17(2)18-5-4-6-22(15-18)31-16-24(27)26(20-9-11-21(30-3)12-10-20)32(28,29)23-13-7-19(25)8-14-23/h4-15,17H,16H2,1-3H3. The Bertz CT molecular complexity index is 1180. The van der Waals surface area contributed by atoms with Gasteiger partial charge in [-0.05, 0) is 72.1 Å². The van der Waals surface area contributed by atoms with Crippen molar-refractivity contribution in [2.24, 2.45) is 0 Å². The molecule has 0 fully saturated rings. The van der Waals surface area contributed by atoms with Gasteiger partial charge in [0.25, 0.3) is 15.9 Å². The van der Waals surface area contributed by atoms with Crippen molar-refractivity contribution in [3.63, 3.8) is 0 Å². The van der Waals surface area contributed by atoms with Crippen molar-refractivity contribution >= 4 is 33.2 Å². The van der Waals surface area contributed by atoms with Crippen LogP contribution in [0.5, 0.6) is 11.5 Å². The number of methoxy groups -OCH3 is 1. The first kappa shape index (κ1) is 23.6. The quantitative estimate of drug-likeness (QED) is 0.445. The average molecular weight is 474 g/mol. The Labute approximate surface area is 193 Å². The zero-order valence-corrected chi connectivity index (χ0v) is 19.6. The van der Waals surface area contributed by atoms with Gasteiger partial charge in [-0.1, -0.05) is 37.6 Å². The second kappa shape index (κ2) is 10.1. The largest absolute Gasteiger partial charge is 0.497 e. The lowest BCUT2D eigenvalue weighted by atomic mass is 10.0. The summed E-state index contributed by atoms with van der Waals surface area (Å²) >= 11 is 5.90. The van der Waals surface area contributed by atoms with Gasteiger partial charge in [0.1, 0.15) is 11.5 Å². The van der Waals surface area contributed by atoms with Gasteiger partial charge in [-0.15, -0.1) is 0 Å². The Morgan fingerprint density at radius 3 is 2.22 bits per heavy atom. The molecule has 0 saturated heterocycles. The Hall–Kier alpha value is -3.03. The number of hydrogen-bond acceptors (Lipinski definition) is 5. The molecule has 0 heterocycles. The number of halogens is 1. The highest BCUT2D eigenvalue weighted by molar-refractivity contribution is 7.93. The molecule has 0 atom stereocenters. The first-order valence-electron chi connectivity index (χ1n) is 9.93. The minimum absolute atomic E-state index is 0.0622. The van der Waals surface area contributed by atoms with Crippen LogP contribution < -0.4 is 13.8 Å². The number of benzene rings is 3. The summed E-state index contributed by atoms with van der Waals surface area (Å²) in [5.41, 5.74) is 1.22. The van der Waals surface area contributed by atoms with Crippen LogP contribution in [0.3, 0.4) is 0 Å². The molecule has 3 aromatic carbocycles. The van der Waals surface area contributed by atoms with Gasteiger partial charge < -0.3 is 9.47 Å². The predicted octanol–water partition coefficient (Wildman–Crippen LogP) is 5.27. The Morgan fingerprint density at radius 2 is 1.62 bits per heavy atom. The summed E-state index contributed by atoms with van der Waals surface area (Å²) in [6.07, 6.45) is 0. The van der Waals surface area contributed by atoms with E-state index in [1.54, 1.807) is 18.2 Å². The highest BCUT2D eigenvalue weighted by Gasteiger charge is 2.31. The van der Waals surface area contributed by atoms with E-state index in [1.807, 2.05) is 32.0 Å². The third-order valence-corrected chi connectivity index (χ3v) is 6.79. The molecule has 6 nitrogen and oxygen atoms in total. The van der Waals surface area contributed by atoms with E-state index in [0.29, 0.717) is 16.5 Å². The molecule has 0 aliphatic carbocycles. The number of amides is 1. The van der Waals surface area contributed by atoms with E-state index in [-0.39, 0.29) is 16.5 Å². The van der Waals surface area contributed by atoms with Gasteiger partial charge in [0, 0.05) is 5.02 Å². The average Bonchev–Trinajstić information content (AvgIpc) is 2.78. The summed E-state index contributed by atoms with van der Waals surface area (Å²) < 4.78 is 38.3. The molecule has 0 N–H and O–H groups in total. The monoisotopic (exact) mass is 473 g/mol. The van der Waals surface area contributed by atoms with E-state index in [1.165, 1.54) is 43.5 Å². The summed E-state index contributed by atoms with van der Waals surface area (Å²) in [7, 11) is -2.71. The molecule has 168 valence electrons. The normalized spacial score (nSPS) is 11.3. The Morgan fingerprint density at radius 1 is 0.969 bits per heavy atom. The van der Waals surface area contributed by atoms with Crippen LogP contribution in [0.4, 0.5) is 5.69 Å². The molecule has 32 heavy (non-hydrogen) atoms. The van der Waals surface area contributed by atoms with Crippen LogP contribution in [0.1, 0.15) is 25.3 Å². The van der Waals surface area contributed by atoms with Crippen molar-refractivity contribution in [3.05, 3.63) is 83.4 Å². The molecule has 0 aromatic heterocycles. The molecule has 8 heteroatoms. The summed E-state index contributed by atoms with van der Waals surface area (Å²) in [5, 5.41) is 0.389. The molecule has 1 amide bonds. The fraction of sp³-hybridized carbons (Fsp3) is 0.208. The first-order valence-corrected chi connectivity index (χ1v) is 11.7. The van der Waals surface area contributed by atoms with Crippen molar-refractivity contribution in [2.45, 2.75) is 24.7 Å². The van der Waals surface area contributed by atoms with Gasteiger partial charge in [-0.3, -0.25) is 4.79 Å². The fourth-order valence-corrected chi connectivity index (χ4v) is 4.55. The molecule has 0 spiro atoms. The number of anilines is 1. The highest BCUT2D eigenvalue weighted by atomic mass is 35.5. The van der Waals surface area contributed by atoms with Gasteiger partial charge in [0.2, 0.25) is 0 Å². The smallest absolute Gasteiger partial charge is 0.278 e. The topological polar surface area (TPSA) is 72.9 Å². The van der Waals surface area contributed by atoms with Crippen LogP contribution in [-0.4, -0.2) is 28.0 Å². The molecule has 3 aromatic rings. The molecule has 0 saturated carbocycles. The second-order valence-corrected chi connectivity index (χ2v) is 9.55. The molecular weight excluding hydrogens is 450 g/mol. The van der Waals surface area contributed by atoms with Crippen LogP contribution in [-0.2, 0) is 14.8 Å². The summed E-state index contributed by atoms with van der Waals surface area (Å²) in [5.74, 6) is 0.574. The van der Waals surface area contributed by atoms with Crippen LogP contribution in [0.25, 0.3) is 0 Å². The van der Waals surface area contributed by atoms with Crippen molar-refractivity contribution in [3.8, 4) is 11.5 Å². The van der Waals surface area contributed by atoms with Gasteiger partial charge in [0.15, 0.2) is 6.61 Å². The van der Waals surface area contributed by atoms with Crippen molar-refractivity contribution in [2.75, 3.05) is 18.0 Å². The number of carbonyl (C=O) groups is 1. The minimum atomic E-state index is -4.21. The summed E-state index contributed by atoms with van der Waals surface area (Å²) in [4.78, 5) is 13.1. The first-order chi connectivity index (χ1) is 15.2. The molecular formula is C24H24ClNO5S. The lowest BCUT2D eigenvalue weighted by molar-refractivity contribution is -0.119. The number of ether oxygens (including phenoxy) is 2. The third-order valence-electron chi connectivity index (χ3n) is 4.77. The van der Waals surface area contributed by atoms with Gasteiger partial charge >= 0.3 is 0 Å². The van der Waals surface area contributed by atoms with Gasteiger partial charge in [0.05, 0.1) is 17.7 Å². The van der Waals surface area contributed by atoms with Crippen molar-refractivity contribution in [1.82, 2.24) is 0 Å². The number of hydrogen-bond donors (Lipinski definition) is 0. The second-order valence-electron chi connectivity index (χ2n) is 7.33. The molecule has 3 rings (SSSR count).